The van der Waals surface area contributed by atoms with Gasteiger partial charge in [0.2, 0.25) is 5.52 Å². The van der Waals surface area contributed by atoms with Crippen LogP contribution in [-0.2, 0) is 13.1 Å². The molecular formula is C29H26BrN2S+. The summed E-state index contributed by atoms with van der Waals surface area (Å²) in [6, 6.07) is 28.1. The summed E-state index contributed by atoms with van der Waals surface area (Å²) in [5.41, 5.74) is 5.08. The highest BCUT2D eigenvalue weighted by Crippen LogP contribution is 2.46. The van der Waals surface area contributed by atoms with Crippen molar-refractivity contribution in [1.82, 2.24) is 0 Å². The number of thioether (sulfide) groups is 1. The molecule has 1 aliphatic rings. The Morgan fingerprint density at radius 3 is 2.64 bits per heavy atom. The Morgan fingerprint density at radius 2 is 1.79 bits per heavy atom. The van der Waals surface area contributed by atoms with E-state index in [2.05, 4.69) is 136 Å². The fraction of sp³-hybridized carbons (Fsp3) is 0.138. The fourth-order valence-corrected chi connectivity index (χ4v) is 5.67. The number of hydrogen-bond acceptors (Lipinski definition) is 2. The molecule has 33 heavy (non-hydrogen) atoms. The number of nitrogens with zero attached hydrogens (tertiary/aromatic N) is 2. The fourth-order valence-electron chi connectivity index (χ4n) is 4.25. The zero-order chi connectivity index (χ0) is 22.6. The van der Waals surface area contributed by atoms with Gasteiger partial charge < -0.3 is 4.90 Å². The van der Waals surface area contributed by atoms with E-state index in [0.29, 0.717) is 0 Å². The molecule has 0 atom stereocenters. The molecule has 164 valence electrons. The Labute approximate surface area is 208 Å². The molecular weight excluding hydrogens is 488 g/mol. The van der Waals surface area contributed by atoms with Crippen molar-refractivity contribution in [3.8, 4) is 0 Å². The zero-order valence-corrected chi connectivity index (χ0v) is 21.0. The first-order valence-corrected chi connectivity index (χ1v) is 12.9. The highest BCUT2D eigenvalue weighted by molar-refractivity contribution is 9.10. The van der Waals surface area contributed by atoms with Crippen LogP contribution >= 0.6 is 27.7 Å². The lowest BCUT2D eigenvalue weighted by atomic mass is 10.1. The number of anilines is 1. The first kappa shape index (κ1) is 22.0. The highest BCUT2D eigenvalue weighted by atomic mass is 79.9. The van der Waals surface area contributed by atoms with Crippen molar-refractivity contribution in [3.05, 3.63) is 118 Å². The number of hydrogen-bond donors (Lipinski definition) is 0. The van der Waals surface area contributed by atoms with E-state index in [0.717, 1.165) is 24.0 Å². The molecule has 4 heteroatoms. The monoisotopic (exact) mass is 513 g/mol. The lowest BCUT2D eigenvalue weighted by Gasteiger charge is -2.20. The minimum atomic E-state index is 0.865. The molecule has 2 heterocycles. The van der Waals surface area contributed by atoms with E-state index in [9.17, 15) is 0 Å². The van der Waals surface area contributed by atoms with Gasteiger partial charge in [-0.3, -0.25) is 0 Å². The van der Waals surface area contributed by atoms with E-state index >= 15 is 0 Å². The summed E-state index contributed by atoms with van der Waals surface area (Å²) in [7, 11) is 0. The van der Waals surface area contributed by atoms with Crippen molar-refractivity contribution in [2.75, 3.05) is 4.90 Å². The first-order valence-electron chi connectivity index (χ1n) is 11.3. The summed E-state index contributed by atoms with van der Waals surface area (Å²) >= 11 is 5.48. The Morgan fingerprint density at radius 1 is 0.970 bits per heavy atom. The maximum atomic E-state index is 3.64. The number of aromatic nitrogens is 1. The summed E-state index contributed by atoms with van der Waals surface area (Å²) in [5, 5.41) is 2.52. The molecule has 1 aliphatic heterocycles. The summed E-state index contributed by atoms with van der Waals surface area (Å²) < 4.78 is 3.45. The van der Waals surface area contributed by atoms with Crippen molar-refractivity contribution in [3.63, 3.8) is 0 Å². The lowest BCUT2D eigenvalue weighted by molar-refractivity contribution is -0.671. The molecule has 0 unspecified atom stereocenters. The normalized spacial score (nSPS) is 14.5. The number of aryl methyl sites for hydroxylation is 1. The van der Waals surface area contributed by atoms with Crippen molar-refractivity contribution in [1.29, 1.82) is 0 Å². The van der Waals surface area contributed by atoms with Crippen LogP contribution in [0.3, 0.4) is 0 Å². The van der Waals surface area contributed by atoms with Crippen LogP contribution in [0.15, 0.2) is 112 Å². The van der Waals surface area contributed by atoms with E-state index in [4.69, 9.17) is 0 Å². The second kappa shape index (κ2) is 9.98. The zero-order valence-electron chi connectivity index (χ0n) is 18.6. The van der Waals surface area contributed by atoms with Crippen LogP contribution in [0.5, 0.6) is 0 Å². The molecule has 0 saturated carbocycles. The van der Waals surface area contributed by atoms with Gasteiger partial charge in [0.05, 0.1) is 16.1 Å². The Hall–Kier alpha value is -2.82. The van der Waals surface area contributed by atoms with Gasteiger partial charge in [0.15, 0.2) is 6.20 Å². The second-order valence-electron chi connectivity index (χ2n) is 8.13. The second-order valence-corrected chi connectivity index (χ2v) is 10.1. The third kappa shape index (κ3) is 4.78. The van der Waals surface area contributed by atoms with Crippen LogP contribution in [0.4, 0.5) is 5.69 Å². The molecule has 2 nitrogen and oxygen atoms in total. The van der Waals surface area contributed by atoms with E-state index in [1.807, 2.05) is 11.8 Å². The van der Waals surface area contributed by atoms with Crippen LogP contribution in [0.25, 0.3) is 17.0 Å². The lowest BCUT2D eigenvalue weighted by Crippen LogP contribution is -2.33. The number of fused-ring (bicyclic) bond motifs is 2. The highest BCUT2D eigenvalue weighted by Gasteiger charge is 2.24. The van der Waals surface area contributed by atoms with Gasteiger partial charge in [0, 0.05) is 34.5 Å². The van der Waals surface area contributed by atoms with E-state index < -0.39 is 0 Å². The van der Waals surface area contributed by atoms with Crippen molar-refractivity contribution in [2.45, 2.75) is 31.3 Å². The van der Waals surface area contributed by atoms with Gasteiger partial charge in [-0.25, -0.2) is 0 Å². The summed E-state index contributed by atoms with van der Waals surface area (Å²) in [6.45, 7) is 4.10. The van der Waals surface area contributed by atoms with E-state index in [-0.39, 0.29) is 0 Å². The third-order valence-electron chi connectivity index (χ3n) is 5.81. The van der Waals surface area contributed by atoms with Crippen molar-refractivity contribution in [2.24, 2.45) is 0 Å². The smallest absolute Gasteiger partial charge is 0.214 e. The number of pyridine rings is 1. The van der Waals surface area contributed by atoms with Crippen LogP contribution in [0.1, 0.15) is 24.5 Å². The van der Waals surface area contributed by atoms with Crippen molar-refractivity contribution < 1.29 is 4.57 Å². The number of rotatable bonds is 6. The number of benzene rings is 3. The summed E-state index contributed by atoms with van der Waals surface area (Å²) in [5.74, 6) is 0. The van der Waals surface area contributed by atoms with Gasteiger partial charge in [-0.15, -0.1) is 0 Å². The first-order chi connectivity index (χ1) is 16.2. The molecule has 0 N–H and O–H groups in total. The molecule has 5 rings (SSSR count). The standard InChI is InChI=1S/C29H26BrN2S/c1-2-18-31-19-17-23(25-16-15-24(30)20-27(25)31)11-8-14-29-32(21-22-9-4-3-5-10-22)26-12-6-7-13-28(26)33-29/h3-17,19-20H,2,18,21H2,1H3/q+1. The third-order valence-corrected chi connectivity index (χ3v) is 7.44. The summed E-state index contributed by atoms with van der Waals surface area (Å²) in [6.07, 6.45) is 9.97. The minimum absolute atomic E-state index is 0.865. The van der Waals surface area contributed by atoms with Gasteiger partial charge in [0.25, 0.3) is 0 Å². The van der Waals surface area contributed by atoms with Gasteiger partial charge in [-0.1, -0.05) is 89.2 Å². The SMILES string of the molecule is CCC[n+]1ccc(C=CC=C2Sc3ccccc3N2Cc2ccccc2)c2ccc(Br)cc21. The van der Waals surface area contributed by atoms with Gasteiger partial charge >= 0.3 is 0 Å². The van der Waals surface area contributed by atoms with Gasteiger partial charge in [0.1, 0.15) is 6.54 Å². The van der Waals surface area contributed by atoms with Crippen LogP contribution in [0, 0.1) is 0 Å². The Bertz CT molecular complexity index is 1340. The molecule has 0 fully saturated rings. The summed E-state index contributed by atoms with van der Waals surface area (Å²) in [4.78, 5) is 3.72. The average Bonchev–Trinajstić information content (AvgIpc) is 3.18. The predicted octanol–water partition coefficient (Wildman–Crippen LogP) is 7.97. The average molecular weight is 515 g/mol. The number of para-hydroxylation sites is 1. The quantitative estimate of drug-likeness (QED) is 0.241. The molecule has 0 aliphatic carbocycles. The molecule has 1 aromatic heterocycles. The molecule has 0 saturated heterocycles. The van der Waals surface area contributed by atoms with Crippen LogP contribution < -0.4 is 9.47 Å². The van der Waals surface area contributed by atoms with E-state index in [1.165, 1.54) is 37.6 Å². The predicted molar refractivity (Wildman–Crippen MR) is 144 cm³/mol. The van der Waals surface area contributed by atoms with Gasteiger partial charge in [-0.2, -0.15) is 4.57 Å². The van der Waals surface area contributed by atoms with Gasteiger partial charge in [-0.05, 0) is 41.5 Å². The maximum absolute atomic E-state index is 3.64. The molecule has 0 amide bonds. The topological polar surface area (TPSA) is 7.12 Å². The van der Waals surface area contributed by atoms with Crippen LogP contribution in [-0.4, -0.2) is 0 Å². The molecule has 4 aromatic rings. The number of halogens is 1. The molecule has 3 aromatic carbocycles. The van der Waals surface area contributed by atoms with E-state index in [1.54, 1.807) is 0 Å². The minimum Gasteiger partial charge on any atom is -0.331 e. The van der Waals surface area contributed by atoms with Crippen molar-refractivity contribution >= 4 is 50.4 Å². The molecule has 0 spiro atoms. The Kier molecular flexibility index (Phi) is 6.65. The molecule has 0 bridgehead atoms. The molecule has 0 radical (unpaired) electrons. The maximum Gasteiger partial charge on any atom is 0.214 e. The Balaban J connectivity index is 1.47. The number of allylic oxidation sites excluding steroid dienone is 2. The largest absolute Gasteiger partial charge is 0.331 e. The van der Waals surface area contributed by atoms with Crippen LogP contribution in [0.2, 0.25) is 0 Å².